The van der Waals surface area contributed by atoms with Crippen LogP contribution in [0.1, 0.15) is 57.8 Å². The normalized spacial score (nSPS) is 12.5. The van der Waals surface area contributed by atoms with E-state index in [-0.39, 0.29) is 17.5 Å². The van der Waals surface area contributed by atoms with Crippen molar-refractivity contribution in [2.45, 2.75) is 58.5 Å². The molecule has 8 nitrogen and oxygen atoms in total. The van der Waals surface area contributed by atoms with Gasteiger partial charge in [0, 0.05) is 13.0 Å². The number of rotatable bonds is 10. The SMILES string of the molecule is CC(C)C[C@H](NC(=O)CCCCCn1nnc2ccccc2c1=O)c1nc2ccccc2[nH]1. The zero-order chi connectivity index (χ0) is 23.2. The summed E-state index contributed by atoms with van der Waals surface area (Å²) in [7, 11) is 0. The van der Waals surface area contributed by atoms with E-state index >= 15 is 0 Å². The van der Waals surface area contributed by atoms with Crippen molar-refractivity contribution in [3.8, 4) is 0 Å². The molecule has 2 N–H and O–H groups in total. The Morgan fingerprint density at radius 1 is 1.03 bits per heavy atom. The second-order valence-electron chi connectivity index (χ2n) is 8.83. The Morgan fingerprint density at radius 2 is 1.79 bits per heavy atom. The van der Waals surface area contributed by atoms with Crippen LogP contribution >= 0.6 is 0 Å². The van der Waals surface area contributed by atoms with Crippen molar-refractivity contribution in [3.05, 3.63) is 64.7 Å². The van der Waals surface area contributed by atoms with Gasteiger partial charge in [-0.05, 0) is 49.4 Å². The maximum Gasteiger partial charge on any atom is 0.277 e. The van der Waals surface area contributed by atoms with Gasteiger partial charge in [0.1, 0.15) is 11.3 Å². The van der Waals surface area contributed by atoms with Gasteiger partial charge in [0.2, 0.25) is 5.91 Å². The van der Waals surface area contributed by atoms with Crippen molar-refractivity contribution in [1.29, 1.82) is 0 Å². The number of aromatic amines is 1. The molecule has 2 heterocycles. The second kappa shape index (κ2) is 10.4. The molecule has 0 radical (unpaired) electrons. The summed E-state index contributed by atoms with van der Waals surface area (Å²) in [5, 5.41) is 11.9. The first-order valence-electron chi connectivity index (χ1n) is 11.6. The van der Waals surface area contributed by atoms with Crippen LogP contribution in [-0.2, 0) is 11.3 Å². The molecule has 33 heavy (non-hydrogen) atoms. The molecule has 0 bridgehead atoms. The average molecular weight is 447 g/mol. The molecule has 1 amide bonds. The van der Waals surface area contributed by atoms with Crippen molar-refractivity contribution >= 4 is 27.8 Å². The predicted molar refractivity (Wildman–Crippen MR) is 129 cm³/mol. The fourth-order valence-corrected chi connectivity index (χ4v) is 4.01. The lowest BCUT2D eigenvalue weighted by atomic mass is 10.0. The van der Waals surface area contributed by atoms with Crippen LogP contribution in [0.15, 0.2) is 53.3 Å². The van der Waals surface area contributed by atoms with Gasteiger partial charge in [-0.15, -0.1) is 5.10 Å². The van der Waals surface area contributed by atoms with Crippen molar-refractivity contribution < 1.29 is 4.79 Å². The number of nitrogens with one attached hydrogen (secondary N) is 2. The summed E-state index contributed by atoms with van der Waals surface area (Å²) in [5.74, 6) is 1.24. The first kappa shape index (κ1) is 22.6. The summed E-state index contributed by atoms with van der Waals surface area (Å²) in [6.07, 6.45) is 3.59. The summed E-state index contributed by atoms with van der Waals surface area (Å²) >= 11 is 0. The molecule has 8 heteroatoms. The van der Waals surface area contributed by atoms with E-state index in [0.29, 0.717) is 29.8 Å². The first-order chi connectivity index (χ1) is 16.0. The van der Waals surface area contributed by atoms with Crippen LogP contribution < -0.4 is 10.9 Å². The number of fused-ring (bicyclic) bond motifs is 2. The molecule has 0 saturated heterocycles. The van der Waals surface area contributed by atoms with Gasteiger partial charge in [-0.25, -0.2) is 9.67 Å². The fourth-order valence-electron chi connectivity index (χ4n) is 4.01. The Hall–Kier alpha value is -3.55. The molecule has 172 valence electrons. The van der Waals surface area contributed by atoms with E-state index in [1.165, 1.54) is 4.68 Å². The molecule has 0 aliphatic rings. The van der Waals surface area contributed by atoms with Gasteiger partial charge >= 0.3 is 0 Å². The number of carbonyl (C=O) groups excluding carboxylic acids is 1. The number of aromatic nitrogens is 5. The predicted octanol–water partition coefficient (Wildman–Crippen LogP) is 4.13. The Labute approximate surface area is 192 Å². The molecule has 0 spiro atoms. The number of para-hydroxylation sites is 2. The number of H-pyrrole nitrogens is 1. The van der Waals surface area contributed by atoms with Crippen molar-refractivity contribution in [3.63, 3.8) is 0 Å². The zero-order valence-corrected chi connectivity index (χ0v) is 19.1. The monoisotopic (exact) mass is 446 g/mol. The maximum atomic E-state index is 12.6. The summed E-state index contributed by atoms with van der Waals surface area (Å²) in [6.45, 7) is 4.77. The minimum atomic E-state index is -0.142. The van der Waals surface area contributed by atoms with Gasteiger partial charge in [0.05, 0.1) is 22.5 Å². The lowest BCUT2D eigenvalue weighted by Crippen LogP contribution is -2.30. The third-order valence-electron chi connectivity index (χ3n) is 5.68. The van der Waals surface area contributed by atoms with Crippen LogP contribution in [0.25, 0.3) is 21.9 Å². The number of aryl methyl sites for hydroxylation is 1. The van der Waals surface area contributed by atoms with Crippen LogP contribution in [0, 0.1) is 5.92 Å². The highest BCUT2D eigenvalue weighted by Gasteiger charge is 2.19. The van der Waals surface area contributed by atoms with E-state index in [4.69, 9.17) is 0 Å². The molecule has 2 aromatic carbocycles. The minimum absolute atomic E-state index is 0.0174. The van der Waals surface area contributed by atoms with Crippen LogP contribution in [0.3, 0.4) is 0 Å². The van der Waals surface area contributed by atoms with Crippen molar-refractivity contribution in [2.75, 3.05) is 0 Å². The molecule has 0 saturated carbocycles. The van der Waals surface area contributed by atoms with E-state index in [0.717, 1.165) is 42.5 Å². The van der Waals surface area contributed by atoms with Gasteiger partial charge in [-0.1, -0.05) is 49.7 Å². The Balaban J connectivity index is 1.28. The number of unbranched alkanes of at least 4 members (excludes halogenated alkanes) is 2. The Kier molecular flexibility index (Phi) is 7.12. The first-order valence-corrected chi connectivity index (χ1v) is 11.6. The molecular weight excluding hydrogens is 416 g/mol. The summed E-state index contributed by atoms with van der Waals surface area (Å²) < 4.78 is 1.41. The molecule has 0 fully saturated rings. The van der Waals surface area contributed by atoms with E-state index in [2.05, 4.69) is 39.4 Å². The number of hydrogen-bond acceptors (Lipinski definition) is 5. The van der Waals surface area contributed by atoms with E-state index in [1.54, 1.807) is 12.1 Å². The summed E-state index contributed by atoms with van der Waals surface area (Å²) in [5.41, 5.74) is 2.36. The minimum Gasteiger partial charge on any atom is -0.346 e. The van der Waals surface area contributed by atoms with Gasteiger partial charge in [0.15, 0.2) is 0 Å². The molecule has 0 aliphatic carbocycles. The van der Waals surface area contributed by atoms with Crippen LogP contribution in [0.2, 0.25) is 0 Å². The Bertz CT molecular complexity index is 1260. The summed E-state index contributed by atoms with van der Waals surface area (Å²) in [6, 6.07) is 15.0. The topological polar surface area (TPSA) is 106 Å². The molecule has 4 rings (SSSR count). The largest absolute Gasteiger partial charge is 0.346 e. The number of nitrogens with zero attached hydrogens (tertiary/aromatic N) is 4. The third kappa shape index (κ3) is 5.63. The highest BCUT2D eigenvalue weighted by Crippen LogP contribution is 2.22. The molecule has 0 unspecified atom stereocenters. The van der Waals surface area contributed by atoms with E-state index in [1.807, 2.05) is 36.4 Å². The van der Waals surface area contributed by atoms with Crippen molar-refractivity contribution in [2.24, 2.45) is 5.92 Å². The van der Waals surface area contributed by atoms with E-state index in [9.17, 15) is 9.59 Å². The average Bonchev–Trinajstić information content (AvgIpc) is 3.24. The van der Waals surface area contributed by atoms with Gasteiger partial charge in [-0.3, -0.25) is 9.59 Å². The fraction of sp³-hybridized carbons (Fsp3) is 0.400. The molecule has 4 aromatic rings. The molecule has 2 aromatic heterocycles. The lowest BCUT2D eigenvalue weighted by Gasteiger charge is -2.18. The maximum absolute atomic E-state index is 12.6. The zero-order valence-electron chi connectivity index (χ0n) is 19.1. The molecule has 0 aliphatic heterocycles. The lowest BCUT2D eigenvalue weighted by molar-refractivity contribution is -0.122. The molecular formula is C25H30N6O2. The van der Waals surface area contributed by atoms with Crippen molar-refractivity contribution in [1.82, 2.24) is 30.3 Å². The Morgan fingerprint density at radius 3 is 2.58 bits per heavy atom. The standard InChI is InChI=1S/C25H30N6O2/c1-17(2)16-22(24-27-20-12-7-8-13-21(20)28-24)26-23(32)14-4-3-9-15-31-25(33)18-10-5-6-11-19(18)29-30-31/h5-8,10-13,17,22H,3-4,9,14-16H2,1-2H3,(H,26,32)(H,27,28)/t22-/m0/s1. The highest BCUT2D eigenvalue weighted by molar-refractivity contribution is 5.78. The molecule has 1 atom stereocenters. The number of carbonyl (C=O) groups is 1. The van der Waals surface area contributed by atoms with Crippen LogP contribution in [-0.4, -0.2) is 30.9 Å². The van der Waals surface area contributed by atoms with Gasteiger partial charge in [0.25, 0.3) is 5.56 Å². The quantitative estimate of drug-likeness (QED) is 0.356. The number of imidazole rings is 1. The number of benzene rings is 2. The number of hydrogen-bond donors (Lipinski definition) is 2. The smallest absolute Gasteiger partial charge is 0.277 e. The highest BCUT2D eigenvalue weighted by atomic mass is 16.1. The summed E-state index contributed by atoms with van der Waals surface area (Å²) in [4.78, 5) is 33.1. The second-order valence-corrected chi connectivity index (χ2v) is 8.83. The van der Waals surface area contributed by atoms with Crippen LogP contribution in [0.5, 0.6) is 0 Å². The third-order valence-corrected chi connectivity index (χ3v) is 5.68. The van der Waals surface area contributed by atoms with Gasteiger partial charge < -0.3 is 10.3 Å². The van der Waals surface area contributed by atoms with E-state index < -0.39 is 0 Å². The number of amides is 1. The van der Waals surface area contributed by atoms with Gasteiger partial charge in [-0.2, -0.15) is 0 Å². The van der Waals surface area contributed by atoms with Crippen LogP contribution in [0.4, 0.5) is 0 Å².